The zero-order valence-corrected chi connectivity index (χ0v) is 18.2. The van der Waals surface area contributed by atoms with Gasteiger partial charge in [-0.25, -0.2) is 0 Å². The summed E-state index contributed by atoms with van der Waals surface area (Å²) in [5.74, 6) is -14.1. The van der Waals surface area contributed by atoms with Gasteiger partial charge in [0.2, 0.25) is 0 Å². The molecular weight excluding hydrogens is 471 g/mol. The first kappa shape index (κ1) is 27.1. The first-order chi connectivity index (χ1) is 15.4. The lowest BCUT2D eigenvalue weighted by Gasteiger charge is -2.37. The SMILES string of the molecule is CC(C)(C)C(=C=Cc1ccccc1C#Cc1ccccc1)C(F)(F)C(F)(F)C(F)(F)C(F)(F)F. The molecule has 0 nitrogen and oxygen atoms in total. The van der Waals surface area contributed by atoms with Gasteiger partial charge in [-0.05, 0) is 35.3 Å². The van der Waals surface area contributed by atoms with Gasteiger partial charge in [-0.2, -0.15) is 39.5 Å². The Morgan fingerprint density at radius 2 is 1.21 bits per heavy atom. The molecule has 0 N–H and O–H groups in total. The molecule has 2 rings (SSSR count). The van der Waals surface area contributed by atoms with Crippen molar-refractivity contribution >= 4 is 6.08 Å². The predicted octanol–water partition coefficient (Wildman–Crippen LogP) is 8.14. The Kier molecular flexibility index (Phi) is 7.39. The highest BCUT2D eigenvalue weighted by atomic mass is 19.4. The number of rotatable bonds is 4. The van der Waals surface area contributed by atoms with Crippen LogP contribution in [0.25, 0.3) is 6.08 Å². The van der Waals surface area contributed by atoms with E-state index in [-0.39, 0.29) is 11.1 Å². The van der Waals surface area contributed by atoms with Gasteiger partial charge in [-0.1, -0.05) is 69.0 Å². The lowest BCUT2D eigenvalue weighted by Crippen LogP contribution is -2.62. The highest BCUT2D eigenvalue weighted by Crippen LogP contribution is 2.57. The zero-order chi connectivity index (χ0) is 26.0. The van der Waals surface area contributed by atoms with Gasteiger partial charge >= 0.3 is 23.9 Å². The van der Waals surface area contributed by atoms with Crippen LogP contribution in [0.15, 0.2) is 65.9 Å². The van der Waals surface area contributed by atoms with E-state index in [1.54, 1.807) is 36.4 Å². The van der Waals surface area contributed by atoms with E-state index in [1.807, 2.05) is 5.73 Å². The van der Waals surface area contributed by atoms with Crippen LogP contribution in [-0.2, 0) is 0 Å². The van der Waals surface area contributed by atoms with Crippen molar-refractivity contribution in [3.63, 3.8) is 0 Å². The standard InChI is InChI=1S/C25H19F9/c1-21(2,3)20(22(26,27)23(28,29)24(30,31)25(32,33)34)16-15-19-12-8-7-11-18(19)14-13-17-9-5-4-6-10-17/h4-12,15H,1-3H3. The Labute approximate surface area is 190 Å². The molecule has 0 aliphatic carbocycles. The molecule has 0 heterocycles. The molecule has 0 amide bonds. The normalized spacial score (nSPS) is 12.9. The summed E-state index contributed by atoms with van der Waals surface area (Å²) in [5.41, 5.74) is -0.789. The summed E-state index contributed by atoms with van der Waals surface area (Å²) in [4.78, 5) is 0. The molecule has 0 saturated carbocycles. The van der Waals surface area contributed by atoms with Crippen LogP contribution in [0.1, 0.15) is 37.5 Å². The summed E-state index contributed by atoms with van der Waals surface area (Å²) in [6.07, 6.45) is -6.09. The minimum Gasteiger partial charge on any atom is -0.194 e. The van der Waals surface area contributed by atoms with E-state index in [4.69, 9.17) is 0 Å². The van der Waals surface area contributed by atoms with Crippen LogP contribution in [-0.4, -0.2) is 23.9 Å². The van der Waals surface area contributed by atoms with Crippen molar-refractivity contribution in [2.45, 2.75) is 44.7 Å². The number of benzene rings is 2. The molecule has 0 bridgehead atoms. The van der Waals surface area contributed by atoms with Gasteiger partial charge in [0, 0.05) is 11.1 Å². The van der Waals surface area contributed by atoms with Crippen LogP contribution in [0, 0.1) is 17.3 Å². The first-order valence-electron chi connectivity index (χ1n) is 9.77. The third-order valence-corrected chi connectivity index (χ3v) is 4.66. The van der Waals surface area contributed by atoms with Crippen molar-refractivity contribution in [2.24, 2.45) is 5.41 Å². The molecule has 0 radical (unpaired) electrons. The minimum atomic E-state index is -6.99. The molecule has 0 atom stereocenters. The zero-order valence-electron chi connectivity index (χ0n) is 18.2. The molecule has 9 heteroatoms. The number of halogens is 9. The van der Waals surface area contributed by atoms with E-state index in [9.17, 15) is 39.5 Å². The smallest absolute Gasteiger partial charge is 0.194 e. The van der Waals surface area contributed by atoms with E-state index >= 15 is 0 Å². The Morgan fingerprint density at radius 1 is 0.676 bits per heavy atom. The van der Waals surface area contributed by atoms with E-state index < -0.39 is 34.9 Å². The highest BCUT2D eigenvalue weighted by Gasteiger charge is 2.82. The van der Waals surface area contributed by atoms with Crippen LogP contribution >= 0.6 is 0 Å². The van der Waals surface area contributed by atoms with Crippen molar-refractivity contribution < 1.29 is 39.5 Å². The maximum atomic E-state index is 14.7. The number of hydrogen-bond acceptors (Lipinski definition) is 0. The molecular formula is C25H19F9. The third kappa shape index (κ3) is 5.34. The van der Waals surface area contributed by atoms with Gasteiger partial charge < -0.3 is 0 Å². The second-order valence-electron chi connectivity index (χ2n) is 8.34. The minimum absolute atomic E-state index is 0.120. The molecule has 0 spiro atoms. The molecule has 0 aliphatic heterocycles. The fraction of sp³-hybridized carbons (Fsp3) is 0.320. The van der Waals surface area contributed by atoms with Gasteiger partial charge in [-0.15, -0.1) is 5.73 Å². The molecule has 0 aliphatic rings. The van der Waals surface area contributed by atoms with Crippen LogP contribution < -0.4 is 0 Å². The molecule has 0 aromatic heterocycles. The maximum absolute atomic E-state index is 14.7. The Balaban J connectivity index is 2.67. The fourth-order valence-electron chi connectivity index (χ4n) is 2.86. The first-order valence-corrected chi connectivity index (χ1v) is 9.77. The number of hydrogen-bond donors (Lipinski definition) is 0. The van der Waals surface area contributed by atoms with Crippen molar-refractivity contribution in [1.82, 2.24) is 0 Å². The van der Waals surface area contributed by atoms with Crippen molar-refractivity contribution in [3.05, 3.63) is 82.6 Å². The van der Waals surface area contributed by atoms with E-state index in [2.05, 4.69) is 11.8 Å². The predicted molar refractivity (Wildman–Crippen MR) is 111 cm³/mol. The van der Waals surface area contributed by atoms with Gasteiger partial charge in [0.05, 0.1) is 5.57 Å². The molecule has 0 fully saturated rings. The topological polar surface area (TPSA) is 0 Å². The van der Waals surface area contributed by atoms with Gasteiger partial charge in [0.1, 0.15) is 0 Å². The molecule has 182 valence electrons. The van der Waals surface area contributed by atoms with Crippen LogP contribution in [0.5, 0.6) is 0 Å². The van der Waals surface area contributed by atoms with Crippen LogP contribution in [0.4, 0.5) is 39.5 Å². The number of alkyl halides is 9. The maximum Gasteiger partial charge on any atom is 0.460 e. The average molecular weight is 490 g/mol. The van der Waals surface area contributed by atoms with Crippen molar-refractivity contribution in [1.29, 1.82) is 0 Å². The Bertz CT molecular complexity index is 1130. The van der Waals surface area contributed by atoms with E-state index in [1.165, 1.54) is 18.2 Å². The second kappa shape index (κ2) is 9.27. The largest absolute Gasteiger partial charge is 0.460 e. The lowest BCUT2D eigenvalue weighted by molar-refractivity contribution is -0.390. The molecule has 2 aromatic carbocycles. The fourth-order valence-corrected chi connectivity index (χ4v) is 2.86. The summed E-state index contributed by atoms with van der Waals surface area (Å²) in [6.45, 7) is 2.92. The van der Waals surface area contributed by atoms with Crippen LogP contribution in [0.3, 0.4) is 0 Å². The summed E-state index contributed by atoms with van der Waals surface area (Å²) in [6, 6.07) is 14.5. The third-order valence-electron chi connectivity index (χ3n) is 4.66. The van der Waals surface area contributed by atoms with Crippen molar-refractivity contribution in [3.8, 4) is 11.8 Å². The van der Waals surface area contributed by atoms with E-state index in [0.717, 1.165) is 26.8 Å². The van der Waals surface area contributed by atoms with Crippen molar-refractivity contribution in [2.75, 3.05) is 0 Å². The number of allylic oxidation sites excluding steroid dienone is 1. The Hall–Kier alpha value is -3.11. The Morgan fingerprint density at radius 3 is 1.74 bits per heavy atom. The summed E-state index contributed by atoms with van der Waals surface area (Å²) in [7, 11) is 0. The molecule has 0 unspecified atom stereocenters. The van der Waals surface area contributed by atoms with Gasteiger partial charge in [0.25, 0.3) is 0 Å². The molecule has 2 aromatic rings. The summed E-state index contributed by atoms with van der Waals surface area (Å²) >= 11 is 0. The van der Waals surface area contributed by atoms with E-state index in [0.29, 0.717) is 5.56 Å². The van der Waals surface area contributed by atoms with Crippen LogP contribution in [0.2, 0.25) is 0 Å². The highest BCUT2D eigenvalue weighted by molar-refractivity contribution is 5.60. The summed E-state index contributed by atoms with van der Waals surface area (Å²) in [5, 5.41) is 0. The van der Waals surface area contributed by atoms with Gasteiger partial charge in [-0.3, -0.25) is 0 Å². The van der Waals surface area contributed by atoms with Gasteiger partial charge in [0.15, 0.2) is 0 Å². The second-order valence-corrected chi connectivity index (χ2v) is 8.34. The summed E-state index contributed by atoms with van der Waals surface area (Å²) < 4.78 is 122. The quantitative estimate of drug-likeness (QED) is 0.231. The lowest BCUT2D eigenvalue weighted by atomic mass is 9.79. The molecule has 0 saturated heterocycles. The molecule has 34 heavy (non-hydrogen) atoms. The monoisotopic (exact) mass is 490 g/mol. The average Bonchev–Trinajstić information content (AvgIpc) is 2.71.